The Morgan fingerprint density at radius 3 is 2.28 bits per heavy atom. The monoisotopic (exact) mass is 393 g/mol. The Hall–Kier alpha value is -3.67. The van der Waals surface area contributed by atoms with Crippen molar-refractivity contribution in [3.63, 3.8) is 0 Å². The van der Waals surface area contributed by atoms with E-state index in [4.69, 9.17) is 9.47 Å². The summed E-state index contributed by atoms with van der Waals surface area (Å²) in [5, 5.41) is 2.73. The molecule has 5 nitrogen and oxygen atoms in total. The Balaban J connectivity index is 1.85. The number of methoxy groups -OCH3 is 1. The molecule has 0 saturated heterocycles. The average Bonchev–Trinajstić information content (AvgIpc) is 2.73. The largest absolute Gasteiger partial charge is 0.497 e. The highest BCUT2D eigenvalue weighted by molar-refractivity contribution is 5.98. The van der Waals surface area contributed by atoms with Crippen molar-refractivity contribution in [3.8, 4) is 5.75 Å². The van der Waals surface area contributed by atoms with Gasteiger partial charge in [0.15, 0.2) is 0 Å². The molecule has 1 N–H and O–H groups in total. The molecule has 0 saturated carbocycles. The van der Waals surface area contributed by atoms with E-state index in [1.807, 2.05) is 19.1 Å². The van der Waals surface area contributed by atoms with Crippen LogP contribution in [0.3, 0.4) is 0 Å². The lowest BCUT2D eigenvalue weighted by atomic mass is 10.1. The molecule has 29 heavy (non-hydrogen) atoms. The summed E-state index contributed by atoms with van der Waals surface area (Å²) in [6.45, 7) is 1.93. The molecule has 0 unspecified atom stereocenters. The number of halogens is 1. The van der Waals surface area contributed by atoms with Crippen LogP contribution in [0.2, 0.25) is 0 Å². The molecular weight excluding hydrogens is 373 g/mol. The molecule has 0 radical (unpaired) electrons. The molecule has 0 aliphatic carbocycles. The third-order valence-electron chi connectivity index (χ3n) is 4.28. The van der Waals surface area contributed by atoms with Crippen molar-refractivity contribution in [3.05, 3.63) is 95.3 Å². The molecule has 0 aliphatic rings. The molecule has 0 heterocycles. The number of anilines is 1. The van der Waals surface area contributed by atoms with Crippen LogP contribution in [0.25, 0.3) is 0 Å². The van der Waals surface area contributed by atoms with Gasteiger partial charge in [-0.15, -0.1) is 0 Å². The molecule has 0 aromatic heterocycles. The molecule has 6 heteroatoms. The van der Waals surface area contributed by atoms with Crippen LogP contribution in [0.15, 0.2) is 72.8 Å². The first-order chi connectivity index (χ1) is 14.0. The molecule has 1 atom stereocenters. The van der Waals surface area contributed by atoms with Crippen molar-refractivity contribution in [2.75, 3.05) is 12.4 Å². The summed E-state index contributed by atoms with van der Waals surface area (Å²) >= 11 is 0. The van der Waals surface area contributed by atoms with Crippen molar-refractivity contribution >= 4 is 17.6 Å². The zero-order valence-corrected chi connectivity index (χ0v) is 16.0. The van der Waals surface area contributed by atoms with E-state index in [1.54, 1.807) is 42.5 Å². The van der Waals surface area contributed by atoms with Gasteiger partial charge in [0.2, 0.25) is 6.10 Å². The van der Waals surface area contributed by atoms with E-state index in [-0.39, 0.29) is 11.3 Å². The lowest BCUT2D eigenvalue weighted by Crippen LogP contribution is -2.26. The van der Waals surface area contributed by atoms with Crippen molar-refractivity contribution < 1.29 is 23.5 Å². The van der Waals surface area contributed by atoms with E-state index in [2.05, 4.69) is 5.32 Å². The average molecular weight is 393 g/mol. The smallest absolute Gasteiger partial charge is 0.342 e. The standard InChI is InChI=1S/C23H20FNO4/c1-15-8-10-17(11-9-15)25-22(26)21(16-6-4-3-5-7-16)29-23(27)19-13-12-18(28-2)14-20(19)24/h3-14,21H,1-2H3,(H,25,26)/t21-/m1/s1. The number of aryl methyl sites for hydroxylation is 1. The number of hydrogen-bond acceptors (Lipinski definition) is 4. The van der Waals surface area contributed by atoms with Crippen LogP contribution >= 0.6 is 0 Å². The number of esters is 1. The molecule has 1 amide bonds. The molecule has 3 aromatic rings. The first-order valence-electron chi connectivity index (χ1n) is 8.95. The van der Waals surface area contributed by atoms with Crippen molar-refractivity contribution in [1.82, 2.24) is 0 Å². The van der Waals surface area contributed by atoms with E-state index in [0.717, 1.165) is 11.6 Å². The quantitative estimate of drug-likeness (QED) is 0.618. The summed E-state index contributed by atoms with van der Waals surface area (Å²) in [6, 6.07) is 19.6. The van der Waals surface area contributed by atoms with Gasteiger partial charge in [-0.05, 0) is 31.2 Å². The second kappa shape index (κ2) is 9.01. The van der Waals surface area contributed by atoms with Gasteiger partial charge in [0, 0.05) is 17.3 Å². The number of hydrogen-bond donors (Lipinski definition) is 1. The Morgan fingerprint density at radius 2 is 1.66 bits per heavy atom. The minimum absolute atomic E-state index is 0.274. The fraction of sp³-hybridized carbons (Fsp3) is 0.130. The molecular formula is C23H20FNO4. The summed E-state index contributed by atoms with van der Waals surface area (Å²) in [4.78, 5) is 25.4. The fourth-order valence-electron chi connectivity index (χ4n) is 2.70. The number of amides is 1. The molecule has 3 aromatic carbocycles. The number of rotatable bonds is 6. The molecule has 0 fully saturated rings. The number of ether oxygens (including phenoxy) is 2. The van der Waals surface area contributed by atoms with Crippen LogP contribution in [-0.2, 0) is 9.53 Å². The van der Waals surface area contributed by atoms with Gasteiger partial charge in [0.25, 0.3) is 5.91 Å². The topological polar surface area (TPSA) is 64.6 Å². The maximum atomic E-state index is 14.2. The van der Waals surface area contributed by atoms with Crippen LogP contribution in [0.1, 0.15) is 27.6 Å². The molecule has 3 rings (SSSR count). The van der Waals surface area contributed by atoms with E-state index in [1.165, 1.54) is 19.2 Å². The van der Waals surface area contributed by atoms with Crippen LogP contribution in [0, 0.1) is 12.7 Å². The summed E-state index contributed by atoms with van der Waals surface area (Å²) in [5.74, 6) is -2.00. The third-order valence-corrected chi connectivity index (χ3v) is 4.28. The summed E-state index contributed by atoms with van der Waals surface area (Å²) in [6.07, 6.45) is -1.24. The minimum Gasteiger partial charge on any atom is -0.497 e. The molecule has 148 valence electrons. The summed E-state index contributed by atoms with van der Waals surface area (Å²) in [5.41, 5.74) is 1.80. The highest BCUT2D eigenvalue weighted by Crippen LogP contribution is 2.24. The Kier molecular flexibility index (Phi) is 6.24. The number of nitrogens with one attached hydrogen (secondary N) is 1. The highest BCUT2D eigenvalue weighted by atomic mass is 19.1. The fourth-order valence-corrected chi connectivity index (χ4v) is 2.70. The second-order valence-electron chi connectivity index (χ2n) is 6.40. The van der Waals surface area contributed by atoms with Gasteiger partial charge in [-0.25, -0.2) is 9.18 Å². The SMILES string of the molecule is COc1ccc(C(=O)O[C@@H](C(=O)Nc2ccc(C)cc2)c2ccccc2)c(F)c1. The Bertz CT molecular complexity index is 1000. The van der Waals surface area contributed by atoms with Gasteiger partial charge in [-0.1, -0.05) is 48.0 Å². The van der Waals surface area contributed by atoms with E-state index in [0.29, 0.717) is 11.3 Å². The van der Waals surface area contributed by atoms with Gasteiger partial charge in [-0.2, -0.15) is 0 Å². The van der Waals surface area contributed by atoms with E-state index in [9.17, 15) is 14.0 Å². The van der Waals surface area contributed by atoms with E-state index >= 15 is 0 Å². The van der Waals surface area contributed by atoms with Crippen LogP contribution in [0.4, 0.5) is 10.1 Å². The Morgan fingerprint density at radius 1 is 0.966 bits per heavy atom. The Labute approximate surface area is 168 Å². The molecule has 0 aliphatic heterocycles. The number of carbonyl (C=O) groups excluding carboxylic acids is 2. The molecule has 0 bridgehead atoms. The highest BCUT2D eigenvalue weighted by Gasteiger charge is 2.27. The third kappa shape index (κ3) is 4.99. The van der Waals surface area contributed by atoms with Crippen LogP contribution in [0.5, 0.6) is 5.75 Å². The first kappa shape index (κ1) is 20.1. The van der Waals surface area contributed by atoms with Gasteiger partial charge in [0.1, 0.15) is 11.6 Å². The summed E-state index contributed by atoms with van der Waals surface area (Å²) < 4.78 is 24.6. The second-order valence-corrected chi connectivity index (χ2v) is 6.40. The lowest BCUT2D eigenvalue weighted by molar-refractivity contribution is -0.125. The zero-order chi connectivity index (χ0) is 20.8. The van der Waals surface area contributed by atoms with Gasteiger partial charge >= 0.3 is 5.97 Å². The van der Waals surface area contributed by atoms with Gasteiger partial charge < -0.3 is 14.8 Å². The summed E-state index contributed by atoms with van der Waals surface area (Å²) in [7, 11) is 1.40. The maximum absolute atomic E-state index is 14.2. The van der Waals surface area contributed by atoms with Crippen molar-refractivity contribution in [2.24, 2.45) is 0 Å². The minimum atomic E-state index is -1.24. The first-order valence-corrected chi connectivity index (χ1v) is 8.95. The number of benzene rings is 3. The predicted octanol–water partition coefficient (Wildman–Crippen LogP) is 4.68. The van der Waals surface area contributed by atoms with Crippen LogP contribution < -0.4 is 10.1 Å². The lowest BCUT2D eigenvalue weighted by Gasteiger charge is -2.18. The molecule has 0 spiro atoms. The zero-order valence-electron chi connectivity index (χ0n) is 16.0. The maximum Gasteiger partial charge on any atom is 0.342 e. The normalized spacial score (nSPS) is 11.4. The van der Waals surface area contributed by atoms with Crippen molar-refractivity contribution in [2.45, 2.75) is 13.0 Å². The van der Waals surface area contributed by atoms with Crippen LogP contribution in [-0.4, -0.2) is 19.0 Å². The van der Waals surface area contributed by atoms with Gasteiger partial charge in [0.05, 0.1) is 12.7 Å². The predicted molar refractivity (Wildman–Crippen MR) is 107 cm³/mol. The van der Waals surface area contributed by atoms with Crippen molar-refractivity contribution in [1.29, 1.82) is 0 Å². The van der Waals surface area contributed by atoms with Gasteiger partial charge in [-0.3, -0.25) is 4.79 Å². The number of carbonyl (C=O) groups is 2. The van der Waals surface area contributed by atoms with E-state index < -0.39 is 23.8 Å².